The van der Waals surface area contributed by atoms with Crippen LogP contribution in [0.3, 0.4) is 0 Å². The van der Waals surface area contributed by atoms with Crippen LogP contribution in [-0.4, -0.2) is 111 Å². The highest BCUT2D eigenvalue weighted by Gasteiger charge is 2.21. The molecule has 5 heterocycles. The van der Waals surface area contributed by atoms with Crippen molar-refractivity contribution in [1.29, 1.82) is 0 Å². The van der Waals surface area contributed by atoms with Crippen LogP contribution in [0, 0.1) is 0 Å². The van der Waals surface area contributed by atoms with Crippen molar-refractivity contribution in [2.75, 3.05) is 72.0 Å². The normalized spacial score (nSPS) is 14.5. The summed E-state index contributed by atoms with van der Waals surface area (Å²) in [6.07, 6.45) is 11.6. The Bertz CT molecular complexity index is 1540. The summed E-state index contributed by atoms with van der Waals surface area (Å²) in [6.45, 7) is 3.10. The number of anilines is 4. The predicted molar refractivity (Wildman–Crippen MR) is 175 cm³/mol. The third kappa shape index (κ3) is 8.09. The van der Waals surface area contributed by atoms with Gasteiger partial charge in [0.15, 0.2) is 0 Å². The molecule has 48 heavy (non-hydrogen) atoms. The lowest BCUT2D eigenvalue weighted by molar-refractivity contribution is 0.0685. The number of primary amides is 1. The maximum atomic E-state index is 12.0. The number of amides is 1. The number of hydrogen-bond acceptors (Lipinski definition) is 12. The molecule has 0 unspecified atom stereocenters. The fourth-order valence-corrected chi connectivity index (χ4v) is 5.33. The molecule has 1 fully saturated rings. The summed E-state index contributed by atoms with van der Waals surface area (Å²) in [4.78, 5) is 72.0. The fraction of sp³-hybridized carbons (Fsp3) is 0.250. The zero-order valence-corrected chi connectivity index (χ0v) is 25.7. The number of aromatic carboxylic acids is 3. The van der Waals surface area contributed by atoms with Crippen molar-refractivity contribution in [3.8, 4) is 0 Å². The Morgan fingerprint density at radius 3 is 0.896 bits per heavy atom. The van der Waals surface area contributed by atoms with Gasteiger partial charge in [-0.25, -0.2) is 14.4 Å². The minimum absolute atomic E-state index is 0.0199. The summed E-state index contributed by atoms with van der Waals surface area (Å²) >= 11 is 0. The van der Waals surface area contributed by atoms with Crippen LogP contribution in [0.25, 0.3) is 0 Å². The number of carboxylic acids is 3. The van der Waals surface area contributed by atoms with Crippen LogP contribution in [-0.2, 0) is 0 Å². The van der Waals surface area contributed by atoms with E-state index < -0.39 is 23.8 Å². The molecule has 5 rings (SSSR count). The van der Waals surface area contributed by atoms with Crippen LogP contribution in [0.4, 0.5) is 22.7 Å². The van der Waals surface area contributed by atoms with Crippen LogP contribution in [0.2, 0.25) is 0 Å². The summed E-state index contributed by atoms with van der Waals surface area (Å²) in [5, 5.41) is 28.9. The summed E-state index contributed by atoms with van der Waals surface area (Å²) < 4.78 is 0. The molecular weight excluding hydrogens is 622 g/mol. The summed E-state index contributed by atoms with van der Waals surface area (Å²) in [5.74, 6) is -3.98. The lowest BCUT2D eigenvalue weighted by Gasteiger charge is -2.37. The first-order chi connectivity index (χ1) is 23.1. The first-order valence-electron chi connectivity index (χ1n) is 14.9. The van der Waals surface area contributed by atoms with Gasteiger partial charge in [0, 0.05) is 77.1 Å². The second kappa shape index (κ2) is 14.8. The zero-order chi connectivity index (χ0) is 34.2. The fourth-order valence-electron chi connectivity index (χ4n) is 5.33. The number of rotatable bonds is 8. The van der Waals surface area contributed by atoms with Crippen molar-refractivity contribution in [3.63, 3.8) is 0 Å². The number of carbonyl (C=O) groups excluding carboxylic acids is 1. The Hall–Kier alpha value is -6.32. The summed E-state index contributed by atoms with van der Waals surface area (Å²) in [6, 6.07) is 6.28. The molecule has 0 spiro atoms. The van der Waals surface area contributed by atoms with Gasteiger partial charge in [-0.3, -0.25) is 24.7 Å². The second-order valence-electron chi connectivity index (χ2n) is 11.0. The Morgan fingerprint density at radius 1 is 0.438 bits per heavy atom. The van der Waals surface area contributed by atoms with Crippen molar-refractivity contribution < 1.29 is 34.5 Å². The maximum Gasteiger partial charge on any atom is 0.337 e. The topological polar surface area (TPSA) is 220 Å². The molecule has 5 N–H and O–H groups in total. The molecule has 0 aromatic carbocycles. The van der Waals surface area contributed by atoms with Gasteiger partial charge < -0.3 is 40.7 Å². The molecule has 4 aromatic heterocycles. The van der Waals surface area contributed by atoms with Gasteiger partial charge in [-0.2, -0.15) is 0 Å². The number of nitrogens with two attached hydrogens (primary N) is 1. The van der Waals surface area contributed by atoms with Gasteiger partial charge in [0.25, 0.3) is 0 Å². The smallest absolute Gasteiger partial charge is 0.337 e. The molecular formula is C32H33N9O7. The van der Waals surface area contributed by atoms with Crippen LogP contribution in [0.15, 0.2) is 73.8 Å². The first-order valence-corrected chi connectivity index (χ1v) is 14.9. The summed E-state index contributed by atoms with van der Waals surface area (Å²) in [5.41, 5.74) is 8.20. The van der Waals surface area contributed by atoms with Crippen LogP contribution < -0.4 is 25.3 Å². The molecule has 0 aliphatic carbocycles. The largest absolute Gasteiger partial charge is 0.478 e. The van der Waals surface area contributed by atoms with Crippen molar-refractivity contribution in [2.24, 2.45) is 5.73 Å². The van der Waals surface area contributed by atoms with Crippen LogP contribution in [0.5, 0.6) is 0 Å². The van der Waals surface area contributed by atoms with E-state index in [9.17, 15) is 34.5 Å². The molecule has 1 amide bonds. The molecule has 0 atom stereocenters. The SMILES string of the molecule is NC(=O)c1cncc(N2CCN(c3cncc(C(=O)O)c3)CCN(c3cncc(C(=O)O)c3)CCN(c3cncc(C(=O)O)c3)CC2)c1. The molecule has 1 saturated heterocycles. The highest BCUT2D eigenvalue weighted by molar-refractivity contribution is 5.93. The molecule has 16 nitrogen and oxygen atoms in total. The number of nitrogens with zero attached hydrogens (tertiary/aromatic N) is 8. The average molecular weight is 656 g/mol. The first kappa shape index (κ1) is 33.1. The van der Waals surface area contributed by atoms with Crippen LogP contribution >= 0.6 is 0 Å². The molecule has 4 aromatic rings. The van der Waals surface area contributed by atoms with E-state index in [0.29, 0.717) is 75.1 Å². The minimum Gasteiger partial charge on any atom is -0.478 e. The Kier molecular flexibility index (Phi) is 10.2. The summed E-state index contributed by atoms with van der Waals surface area (Å²) in [7, 11) is 0. The van der Waals surface area contributed by atoms with Gasteiger partial charge in [0.05, 0.1) is 69.8 Å². The van der Waals surface area contributed by atoms with Crippen molar-refractivity contribution in [3.05, 3.63) is 96.1 Å². The van der Waals surface area contributed by atoms with Gasteiger partial charge in [0.1, 0.15) is 0 Å². The average Bonchev–Trinajstić information content (AvgIpc) is 3.08. The van der Waals surface area contributed by atoms with E-state index >= 15 is 0 Å². The second-order valence-corrected chi connectivity index (χ2v) is 11.0. The minimum atomic E-state index is -1.12. The standard InChI is InChI=1S/C32H33N9O7/c33-29(42)21-9-25(17-34-13-21)38-1-3-39(26-10-22(30(43)44)14-35-18-26)5-7-41(28-12-24(32(47)48)16-37-20-28)8-6-40(4-2-38)27-11-23(31(45)46)15-36-19-27/h9-20H,1-8H2,(H2,33,42)(H,43,44)(H,45,46)(H,47,48). The molecule has 248 valence electrons. The molecule has 1 aliphatic heterocycles. The van der Waals surface area contributed by atoms with Crippen molar-refractivity contribution in [2.45, 2.75) is 0 Å². The third-order valence-corrected chi connectivity index (χ3v) is 7.94. The van der Waals surface area contributed by atoms with Gasteiger partial charge in [-0.15, -0.1) is 0 Å². The lowest BCUT2D eigenvalue weighted by atomic mass is 10.2. The maximum absolute atomic E-state index is 12.0. The van der Waals surface area contributed by atoms with Gasteiger partial charge in [0.2, 0.25) is 5.91 Å². The van der Waals surface area contributed by atoms with E-state index in [1.165, 1.54) is 30.9 Å². The van der Waals surface area contributed by atoms with E-state index in [1.54, 1.807) is 43.0 Å². The van der Waals surface area contributed by atoms with Crippen molar-refractivity contribution >= 4 is 46.6 Å². The van der Waals surface area contributed by atoms with E-state index in [-0.39, 0.29) is 22.3 Å². The number of pyridine rings is 4. The predicted octanol–water partition coefficient (Wildman–Crippen LogP) is 1.80. The number of aromatic nitrogens is 4. The number of carbonyl (C=O) groups is 4. The van der Waals surface area contributed by atoms with E-state index in [4.69, 9.17) is 5.73 Å². The molecule has 0 bridgehead atoms. The zero-order valence-electron chi connectivity index (χ0n) is 25.7. The Morgan fingerprint density at radius 2 is 0.667 bits per heavy atom. The molecule has 16 heteroatoms. The van der Waals surface area contributed by atoms with Gasteiger partial charge >= 0.3 is 17.9 Å². The van der Waals surface area contributed by atoms with E-state index in [2.05, 4.69) is 19.9 Å². The monoisotopic (exact) mass is 655 g/mol. The third-order valence-electron chi connectivity index (χ3n) is 7.94. The van der Waals surface area contributed by atoms with E-state index in [1.807, 2.05) is 19.6 Å². The quantitative estimate of drug-likeness (QED) is 0.213. The lowest BCUT2D eigenvalue weighted by Crippen LogP contribution is -2.46. The van der Waals surface area contributed by atoms with E-state index in [0.717, 1.165) is 0 Å². The molecule has 1 aliphatic rings. The van der Waals surface area contributed by atoms with Crippen molar-refractivity contribution in [1.82, 2.24) is 19.9 Å². The highest BCUT2D eigenvalue weighted by atomic mass is 16.4. The highest BCUT2D eigenvalue weighted by Crippen LogP contribution is 2.22. The van der Waals surface area contributed by atoms with Gasteiger partial charge in [-0.05, 0) is 24.3 Å². The molecule has 0 radical (unpaired) electrons. The number of carboxylic acid groups (broad SMARTS) is 3. The molecule has 0 saturated carbocycles. The van der Waals surface area contributed by atoms with Crippen LogP contribution in [0.1, 0.15) is 41.4 Å². The Balaban J connectivity index is 1.55. The Labute approximate surface area is 274 Å². The van der Waals surface area contributed by atoms with Gasteiger partial charge in [-0.1, -0.05) is 0 Å². The number of hydrogen-bond donors (Lipinski definition) is 4.